The Balaban J connectivity index is 1.30. The summed E-state index contributed by atoms with van der Waals surface area (Å²) in [5.41, 5.74) is 2.12. The summed E-state index contributed by atoms with van der Waals surface area (Å²) in [6.07, 6.45) is 4.40. The highest BCUT2D eigenvalue weighted by Crippen LogP contribution is 2.29. The smallest absolute Gasteiger partial charge is 0.433 e. The molecule has 1 aromatic carbocycles. The topological polar surface area (TPSA) is 128 Å². The van der Waals surface area contributed by atoms with Crippen molar-refractivity contribution in [2.45, 2.75) is 18.8 Å². The van der Waals surface area contributed by atoms with E-state index in [0.717, 1.165) is 18.4 Å². The summed E-state index contributed by atoms with van der Waals surface area (Å²) in [4.78, 5) is 40.8. The summed E-state index contributed by atoms with van der Waals surface area (Å²) in [6.45, 7) is 1.19. The second kappa shape index (κ2) is 11.0. The van der Waals surface area contributed by atoms with Crippen LogP contribution in [0.25, 0.3) is 6.08 Å². The number of amides is 2. The van der Waals surface area contributed by atoms with Gasteiger partial charge in [0.2, 0.25) is 11.8 Å². The van der Waals surface area contributed by atoms with Crippen molar-refractivity contribution < 1.29 is 23.7 Å². The lowest BCUT2D eigenvalue weighted by Crippen LogP contribution is -2.36. The highest BCUT2D eigenvalue weighted by Gasteiger charge is 2.23. The Kier molecular flexibility index (Phi) is 7.65. The van der Waals surface area contributed by atoms with E-state index in [1.807, 2.05) is 24.3 Å². The molecule has 3 heterocycles. The molecule has 11 heteroatoms. The average Bonchev–Trinajstić information content (AvgIpc) is 3.37. The number of pyridine rings is 1. The number of furan rings is 1. The summed E-state index contributed by atoms with van der Waals surface area (Å²) in [7, 11) is 1.45. The molecule has 0 radical (unpaired) electrons. The molecule has 186 valence electrons. The van der Waals surface area contributed by atoms with Crippen molar-refractivity contribution in [2.75, 3.05) is 25.5 Å². The minimum atomic E-state index is -0.626. The molecule has 1 N–H and O–H groups in total. The number of methoxy groups -OCH3 is 1. The lowest BCUT2D eigenvalue weighted by Gasteiger charge is -2.31. The first kappa shape index (κ1) is 24.9. The number of hydrogen-bond donors (Lipinski definition) is 1. The van der Waals surface area contributed by atoms with Gasteiger partial charge < -0.3 is 19.4 Å². The molecule has 0 spiro atoms. The van der Waals surface area contributed by atoms with Crippen molar-refractivity contribution in [3.63, 3.8) is 0 Å². The number of nitro groups is 1. The second-order valence-electron chi connectivity index (χ2n) is 8.16. The van der Waals surface area contributed by atoms with Crippen LogP contribution in [0.1, 0.15) is 40.4 Å². The first-order valence-corrected chi connectivity index (χ1v) is 11.5. The monoisotopic (exact) mass is 510 g/mol. The van der Waals surface area contributed by atoms with Crippen molar-refractivity contribution in [1.82, 2.24) is 9.88 Å². The average molecular weight is 511 g/mol. The van der Waals surface area contributed by atoms with Crippen LogP contribution >= 0.6 is 11.6 Å². The van der Waals surface area contributed by atoms with Gasteiger partial charge in [-0.15, -0.1) is 0 Å². The number of aromatic nitrogens is 1. The molecule has 10 nitrogen and oxygen atoms in total. The van der Waals surface area contributed by atoms with Crippen LogP contribution < -0.4 is 10.1 Å². The van der Waals surface area contributed by atoms with E-state index in [9.17, 15) is 19.7 Å². The molecule has 0 aliphatic carbocycles. The van der Waals surface area contributed by atoms with Gasteiger partial charge in [0.15, 0.2) is 0 Å². The predicted molar refractivity (Wildman–Crippen MR) is 133 cm³/mol. The number of piperidine rings is 1. The number of anilines is 1. The van der Waals surface area contributed by atoms with E-state index in [1.54, 1.807) is 4.90 Å². The Bertz CT molecular complexity index is 1300. The first-order valence-electron chi connectivity index (χ1n) is 11.2. The van der Waals surface area contributed by atoms with Gasteiger partial charge in [-0.2, -0.15) is 0 Å². The molecule has 0 atom stereocenters. The van der Waals surface area contributed by atoms with Crippen molar-refractivity contribution in [3.8, 4) is 5.88 Å². The SMILES string of the molecule is COc1cc(C(=O)Nc2ccc(C3CCN(C(=O)/C=C/c4ccc([N+](=O)[O-])o4)CC3)cc2)cc(Cl)n1. The van der Waals surface area contributed by atoms with Crippen LogP contribution in [0.4, 0.5) is 11.6 Å². The minimum Gasteiger partial charge on any atom is -0.481 e. The molecule has 0 saturated carbocycles. The Labute approximate surface area is 211 Å². The van der Waals surface area contributed by atoms with Crippen LogP contribution in [0.2, 0.25) is 5.15 Å². The third kappa shape index (κ3) is 6.08. The Hall–Kier alpha value is -4.18. The van der Waals surface area contributed by atoms with Crippen molar-refractivity contribution in [3.05, 3.63) is 86.8 Å². The largest absolute Gasteiger partial charge is 0.481 e. The number of hydrogen-bond acceptors (Lipinski definition) is 7. The number of halogens is 1. The van der Waals surface area contributed by atoms with E-state index in [-0.39, 0.29) is 34.5 Å². The quantitative estimate of drug-likeness (QED) is 0.207. The van der Waals surface area contributed by atoms with Gasteiger partial charge in [-0.05, 0) is 54.7 Å². The summed E-state index contributed by atoms with van der Waals surface area (Å²) in [5.74, 6) is -0.0569. The number of carbonyl (C=O) groups excluding carboxylic acids is 2. The van der Waals surface area contributed by atoms with E-state index >= 15 is 0 Å². The fraction of sp³-hybridized carbons (Fsp3) is 0.240. The minimum absolute atomic E-state index is 0.167. The van der Waals surface area contributed by atoms with Gasteiger partial charge in [-0.3, -0.25) is 19.7 Å². The van der Waals surface area contributed by atoms with Crippen LogP contribution in [0, 0.1) is 10.1 Å². The molecular weight excluding hydrogens is 488 g/mol. The predicted octanol–water partition coefficient (Wildman–Crippen LogP) is 4.92. The third-order valence-corrected chi connectivity index (χ3v) is 6.06. The maximum absolute atomic E-state index is 12.6. The molecule has 4 rings (SSSR count). The Morgan fingerprint density at radius 2 is 1.92 bits per heavy atom. The van der Waals surface area contributed by atoms with Gasteiger partial charge >= 0.3 is 5.88 Å². The van der Waals surface area contributed by atoms with Crippen molar-refractivity contribution in [1.29, 1.82) is 0 Å². The van der Waals surface area contributed by atoms with E-state index in [1.165, 1.54) is 43.5 Å². The fourth-order valence-corrected chi connectivity index (χ4v) is 4.17. The van der Waals surface area contributed by atoms with Crippen LogP contribution in [-0.4, -0.2) is 46.8 Å². The maximum Gasteiger partial charge on any atom is 0.433 e. The zero-order valence-electron chi connectivity index (χ0n) is 19.3. The molecule has 1 saturated heterocycles. The molecule has 1 aliphatic rings. The molecule has 0 bridgehead atoms. The van der Waals surface area contributed by atoms with E-state index in [0.29, 0.717) is 30.3 Å². The van der Waals surface area contributed by atoms with E-state index in [4.69, 9.17) is 20.8 Å². The van der Waals surface area contributed by atoms with Crippen LogP contribution in [0.5, 0.6) is 5.88 Å². The first-order chi connectivity index (χ1) is 17.3. The van der Waals surface area contributed by atoms with Gasteiger partial charge in [0, 0.05) is 36.5 Å². The summed E-state index contributed by atoms with van der Waals surface area (Å²) >= 11 is 5.94. The molecule has 3 aromatic rings. The highest BCUT2D eigenvalue weighted by molar-refractivity contribution is 6.30. The molecule has 36 heavy (non-hydrogen) atoms. The number of carbonyl (C=O) groups is 2. The number of likely N-dealkylation sites (tertiary alicyclic amines) is 1. The maximum atomic E-state index is 12.6. The Morgan fingerprint density at radius 1 is 1.19 bits per heavy atom. The lowest BCUT2D eigenvalue weighted by molar-refractivity contribution is -0.402. The lowest BCUT2D eigenvalue weighted by atomic mass is 9.89. The van der Waals surface area contributed by atoms with Crippen molar-refractivity contribution in [2.24, 2.45) is 0 Å². The second-order valence-corrected chi connectivity index (χ2v) is 8.55. The van der Waals surface area contributed by atoms with Gasteiger partial charge in [0.1, 0.15) is 15.8 Å². The van der Waals surface area contributed by atoms with Gasteiger partial charge in [-0.25, -0.2) is 4.98 Å². The van der Waals surface area contributed by atoms with Crippen LogP contribution in [0.15, 0.2) is 59.0 Å². The number of ether oxygens (including phenoxy) is 1. The van der Waals surface area contributed by atoms with E-state index < -0.39 is 4.92 Å². The number of rotatable bonds is 7. The van der Waals surface area contributed by atoms with Gasteiger partial charge in [0.25, 0.3) is 5.91 Å². The summed E-state index contributed by atoms with van der Waals surface area (Å²) in [5, 5.41) is 13.7. The fourth-order valence-electron chi connectivity index (χ4n) is 3.97. The summed E-state index contributed by atoms with van der Waals surface area (Å²) in [6, 6.07) is 13.3. The van der Waals surface area contributed by atoms with Crippen LogP contribution in [0.3, 0.4) is 0 Å². The molecule has 2 aromatic heterocycles. The number of benzene rings is 1. The Morgan fingerprint density at radius 3 is 2.56 bits per heavy atom. The zero-order valence-corrected chi connectivity index (χ0v) is 20.1. The standard InChI is InChI=1S/C25H23ClN4O6/c1-35-22-15-18(14-21(26)28-22)25(32)27-19-4-2-16(3-5-19)17-10-12-29(13-11-17)23(31)8-6-20-7-9-24(36-20)30(33)34/h2-9,14-15,17H,10-13H2,1H3,(H,27,32)/b8-6+. The molecule has 0 unspecified atom stereocenters. The molecule has 2 amide bonds. The molecule has 1 fully saturated rings. The highest BCUT2D eigenvalue weighted by atomic mass is 35.5. The number of nitrogens with zero attached hydrogens (tertiary/aromatic N) is 3. The van der Waals surface area contributed by atoms with Crippen LogP contribution in [-0.2, 0) is 4.79 Å². The molecular formula is C25H23ClN4O6. The summed E-state index contributed by atoms with van der Waals surface area (Å²) < 4.78 is 10.1. The van der Waals surface area contributed by atoms with Gasteiger partial charge in [0.05, 0.1) is 13.2 Å². The van der Waals surface area contributed by atoms with E-state index in [2.05, 4.69) is 10.3 Å². The zero-order chi connectivity index (χ0) is 25.7. The molecule has 1 aliphatic heterocycles. The van der Waals surface area contributed by atoms with Gasteiger partial charge in [-0.1, -0.05) is 23.7 Å². The third-order valence-electron chi connectivity index (χ3n) is 5.87. The van der Waals surface area contributed by atoms with Crippen molar-refractivity contribution >= 4 is 41.1 Å². The number of nitrogens with one attached hydrogen (secondary N) is 1. The normalized spacial score (nSPS) is 14.1.